The molecule has 2 aromatic carbocycles. The molecule has 0 amide bonds. The summed E-state index contributed by atoms with van der Waals surface area (Å²) >= 11 is 0. The van der Waals surface area contributed by atoms with E-state index >= 15 is 0 Å². The Hall–Kier alpha value is -3.61. The van der Waals surface area contributed by atoms with E-state index in [1.165, 1.54) is 14.0 Å². The zero-order valence-electron chi connectivity index (χ0n) is 17.8. The average Bonchev–Trinajstić information content (AvgIpc) is 3.15. The quantitative estimate of drug-likeness (QED) is 0.409. The Bertz CT molecular complexity index is 1040. The first kappa shape index (κ1) is 22.1. The Morgan fingerprint density at radius 1 is 1.10 bits per heavy atom. The maximum Gasteiger partial charge on any atom is 0.323 e. The van der Waals surface area contributed by atoms with Crippen LogP contribution in [0.4, 0.5) is 0 Å². The number of aliphatic carboxylic acids is 1. The number of carbonyl (C=O) groups is 2. The Balaban J connectivity index is 1.58. The van der Waals surface area contributed by atoms with Gasteiger partial charge in [-0.25, -0.2) is 4.98 Å². The average molecular weight is 423 g/mol. The lowest BCUT2D eigenvalue weighted by Crippen LogP contribution is -2.39. The van der Waals surface area contributed by atoms with Crippen molar-refractivity contribution in [1.82, 2.24) is 4.98 Å². The number of carboxylic acid groups (broad SMARTS) is 1. The smallest absolute Gasteiger partial charge is 0.323 e. The minimum atomic E-state index is -1.64. The van der Waals surface area contributed by atoms with Gasteiger partial charge in [0, 0.05) is 12.0 Å². The summed E-state index contributed by atoms with van der Waals surface area (Å²) in [7, 11) is 1.18. The Kier molecular flexibility index (Phi) is 6.74. The molecule has 1 unspecified atom stereocenters. The second-order valence-corrected chi connectivity index (χ2v) is 7.44. The van der Waals surface area contributed by atoms with Crippen LogP contribution >= 0.6 is 0 Å². The van der Waals surface area contributed by atoms with E-state index in [1.807, 2.05) is 37.3 Å². The molecule has 0 aliphatic carbocycles. The molecule has 0 bridgehead atoms. The van der Waals surface area contributed by atoms with Gasteiger partial charge >= 0.3 is 11.9 Å². The van der Waals surface area contributed by atoms with Gasteiger partial charge in [-0.05, 0) is 50.1 Å². The lowest BCUT2D eigenvalue weighted by molar-refractivity contribution is -0.165. The fraction of sp³-hybridized carbons (Fsp3) is 0.292. The fourth-order valence-corrected chi connectivity index (χ4v) is 3.20. The topological polar surface area (TPSA) is 98.9 Å². The lowest BCUT2D eigenvalue weighted by atomic mass is 9.83. The van der Waals surface area contributed by atoms with Gasteiger partial charge in [0.25, 0.3) is 0 Å². The van der Waals surface area contributed by atoms with Crippen LogP contribution < -0.4 is 4.74 Å². The molecule has 3 rings (SSSR count). The highest BCUT2D eigenvalue weighted by atomic mass is 16.5. The highest BCUT2D eigenvalue weighted by Crippen LogP contribution is 2.26. The zero-order valence-corrected chi connectivity index (χ0v) is 17.8. The monoisotopic (exact) mass is 423 g/mol. The van der Waals surface area contributed by atoms with E-state index in [0.29, 0.717) is 30.2 Å². The number of hydrogen-bond donors (Lipinski definition) is 1. The lowest BCUT2D eigenvalue weighted by Gasteiger charge is -2.21. The van der Waals surface area contributed by atoms with Crippen LogP contribution in [0.3, 0.4) is 0 Å². The van der Waals surface area contributed by atoms with Crippen molar-refractivity contribution in [3.8, 4) is 17.2 Å². The second kappa shape index (κ2) is 9.47. The van der Waals surface area contributed by atoms with E-state index in [0.717, 1.165) is 17.0 Å². The summed E-state index contributed by atoms with van der Waals surface area (Å²) < 4.78 is 16.2. The molecular weight excluding hydrogens is 398 g/mol. The number of aryl methyl sites for hydroxylation is 1. The predicted molar refractivity (Wildman–Crippen MR) is 114 cm³/mol. The molecule has 0 spiro atoms. The maximum atomic E-state index is 11.9. The van der Waals surface area contributed by atoms with Crippen molar-refractivity contribution in [2.75, 3.05) is 13.7 Å². The molecule has 0 aliphatic rings. The molecule has 0 saturated carbocycles. The predicted octanol–water partition coefficient (Wildman–Crippen LogP) is 4.08. The molecule has 162 valence electrons. The first-order valence-corrected chi connectivity index (χ1v) is 9.89. The second-order valence-electron chi connectivity index (χ2n) is 7.44. The molecule has 3 aromatic rings. The molecule has 0 radical (unpaired) electrons. The van der Waals surface area contributed by atoms with Gasteiger partial charge in [-0.3, -0.25) is 9.59 Å². The van der Waals surface area contributed by atoms with Gasteiger partial charge in [-0.1, -0.05) is 30.3 Å². The number of esters is 1. The highest BCUT2D eigenvalue weighted by molar-refractivity contribution is 5.98. The van der Waals surface area contributed by atoms with Crippen molar-refractivity contribution < 1.29 is 28.6 Å². The van der Waals surface area contributed by atoms with Crippen LogP contribution in [-0.2, 0) is 27.2 Å². The third-order valence-corrected chi connectivity index (χ3v) is 5.11. The summed E-state index contributed by atoms with van der Waals surface area (Å²) in [6.45, 7) is 3.65. The molecule has 0 aliphatic heterocycles. The Labute approximate surface area is 180 Å². The molecule has 1 atom stereocenters. The van der Waals surface area contributed by atoms with Gasteiger partial charge < -0.3 is 19.0 Å². The number of methoxy groups -OCH3 is 1. The molecule has 0 saturated heterocycles. The van der Waals surface area contributed by atoms with Crippen LogP contribution in [0.15, 0.2) is 59.0 Å². The number of carbonyl (C=O) groups excluding carboxylic acids is 1. The highest BCUT2D eigenvalue weighted by Gasteiger charge is 2.42. The fourth-order valence-electron chi connectivity index (χ4n) is 3.20. The SMILES string of the molecule is COC(=O)C(C)(Cc1ccc(OCCc2nc(-c3ccccc3)oc2C)cc1)C(=O)O. The third-order valence-electron chi connectivity index (χ3n) is 5.11. The summed E-state index contributed by atoms with van der Waals surface area (Å²) in [5.41, 5.74) is 0.819. The number of hydrogen-bond acceptors (Lipinski definition) is 6. The number of benzene rings is 2. The molecule has 1 heterocycles. The molecule has 1 N–H and O–H groups in total. The van der Waals surface area contributed by atoms with Gasteiger partial charge in [0.15, 0.2) is 5.41 Å². The summed E-state index contributed by atoms with van der Waals surface area (Å²) in [5, 5.41) is 9.43. The molecule has 7 heteroatoms. The number of nitrogens with zero attached hydrogens (tertiary/aromatic N) is 1. The van der Waals surface area contributed by atoms with E-state index in [4.69, 9.17) is 9.15 Å². The molecule has 7 nitrogen and oxygen atoms in total. The van der Waals surface area contributed by atoms with Crippen molar-refractivity contribution in [3.05, 3.63) is 71.6 Å². The van der Waals surface area contributed by atoms with Crippen molar-refractivity contribution >= 4 is 11.9 Å². The standard InChI is InChI=1S/C24H25NO6/c1-16-20(25-21(31-16)18-7-5-4-6-8-18)13-14-30-19-11-9-17(10-12-19)15-24(2,22(26)27)23(28)29-3/h4-12H,13-15H2,1-3H3,(H,26,27). The molecule has 1 aromatic heterocycles. The largest absolute Gasteiger partial charge is 0.493 e. The number of oxazole rings is 1. The summed E-state index contributed by atoms with van der Waals surface area (Å²) in [5.74, 6) is -0.0166. The minimum Gasteiger partial charge on any atom is -0.493 e. The summed E-state index contributed by atoms with van der Waals surface area (Å²) in [6.07, 6.45) is 0.610. The molecule has 31 heavy (non-hydrogen) atoms. The molecular formula is C24H25NO6. The number of aromatic nitrogens is 1. The number of rotatable bonds is 9. The maximum absolute atomic E-state index is 11.9. The Morgan fingerprint density at radius 3 is 2.39 bits per heavy atom. The van der Waals surface area contributed by atoms with Crippen LogP contribution in [-0.4, -0.2) is 35.7 Å². The first-order valence-electron chi connectivity index (χ1n) is 9.89. The van der Waals surface area contributed by atoms with Crippen molar-refractivity contribution in [1.29, 1.82) is 0 Å². The Morgan fingerprint density at radius 2 is 1.77 bits per heavy atom. The van der Waals surface area contributed by atoms with E-state index in [-0.39, 0.29) is 6.42 Å². The molecule has 0 fully saturated rings. The van der Waals surface area contributed by atoms with Gasteiger partial charge in [0.1, 0.15) is 11.5 Å². The van der Waals surface area contributed by atoms with Crippen LogP contribution in [0.1, 0.15) is 23.9 Å². The van der Waals surface area contributed by atoms with E-state index < -0.39 is 17.4 Å². The minimum absolute atomic E-state index is 0.0235. The first-order chi connectivity index (χ1) is 14.8. The van der Waals surface area contributed by atoms with Crippen molar-refractivity contribution in [2.24, 2.45) is 5.41 Å². The van der Waals surface area contributed by atoms with Gasteiger partial charge in [0.2, 0.25) is 5.89 Å². The van der Waals surface area contributed by atoms with Crippen LogP contribution in [0.5, 0.6) is 5.75 Å². The van der Waals surface area contributed by atoms with Gasteiger partial charge in [-0.2, -0.15) is 0 Å². The van der Waals surface area contributed by atoms with Crippen molar-refractivity contribution in [2.45, 2.75) is 26.7 Å². The van der Waals surface area contributed by atoms with E-state index in [1.54, 1.807) is 24.3 Å². The number of ether oxygens (including phenoxy) is 2. The summed E-state index contributed by atoms with van der Waals surface area (Å²) in [6, 6.07) is 16.7. The zero-order chi connectivity index (χ0) is 22.4. The third kappa shape index (κ3) is 5.12. The van der Waals surface area contributed by atoms with Crippen LogP contribution in [0.25, 0.3) is 11.5 Å². The van der Waals surface area contributed by atoms with E-state index in [2.05, 4.69) is 9.72 Å². The van der Waals surface area contributed by atoms with Crippen LogP contribution in [0.2, 0.25) is 0 Å². The van der Waals surface area contributed by atoms with Gasteiger partial charge in [-0.15, -0.1) is 0 Å². The number of carboxylic acids is 1. The summed E-state index contributed by atoms with van der Waals surface area (Å²) in [4.78, 5) is 28.0. The normalized spacial score (nSPS) is 12.7. The van der Waals surface area contributed by atoms with Crippen molar-refractivity contribution in [3.63, 3.8) is 0 Å². The van der Waals surface area contributed by atoms with Gasteiger partial charge in [0.05, 0.1) is 19.4 Å². The van der Waals surface area contributed by atoms with E-state index in [9.17, 15) is 14.7 Å². The van der Waals surface area contributed by atoms with Crippen LogP contribution in [0, 0.1) is 12.3 Å².